The van der Waals surface area contributed by atoms with Crippen molar-refractivity contribution in [1.29, 1.82) is 0 Å². The highest BCUT2D eigenvalue weighted by Gasteiger charge is 2.25. The van der Waals surface area contributed by atoms with Crippen LogP contribution in [0.1, 0.15) is 11.6 Å². The van der Waals surface area contributed by atoms with Crippen LogP contribution >= 0.6 is 24.0 Å². The molecule has 1 aliphatic rings. The van der Waals surface area contributed by atoms with Crippen molar-refractivity contribution in [2.75, 3.05) is 38.6 Å². The molecule has 1 aliphatic heterocycles. The molecule has 140 valence electrons. The van der Waals surface area contributed by atoms with E-state index in [0.29, 0.717) is 11.6 Å². The standard InChI is InChI=1S/C19H22ClN3O2.ClH/c1-25-17-7-3-6-16(11-17)22-19(24)13-23-9-8-21-12-18(23)14-4-2-5-15(20)10-14;/h2-7,10-11,18,21H,8-9,12-13H2,1H3,(H,22,24);1H. The van der Waals surface area contributed by atoms with E-state index in [1.165, 1.54) is 0 Å². The zero-order valence-corrected chi connectivity index (χ0v) is 16.1. The molecular weight excluding hydrogens is 373 g/mol. The Morgan fingerprint density at radius 3 is 2.88 bits per heavy atom. The van der Waals surface area contributed by atoms with Gasteiger partial charge in [0.2, 0.25) is 5.91 Å². The first-order valence-electron chi connectivity index (χ1n) is 8.30. The second kappa shape index (κ2) is 9.78. The Bertz CT molecular complexity index is 742. The number of nitrogens with one attached hydrogen (secondary N) is 2. The maximum absolute atomic E-state index is 12.5. The summed E-state index contributed by atoms with van der Waals surface area (Å²) in [4.78, 5) is 14.7. The van der Waals surface area contributed by atoms with Crippen molar-refractivity contribution in [3.63, 3.8) is 0 Å². The Labute approximate surface area is 165 Å². The van der Waals surface area contributed by atoms with Crippen molar-refractivity contribution in [3.8, 4) is 5.75 Å². The zero-order valence-electron chi connectivity index (χ0n) is 14.6. The first-order chi connectivity index (χ1) is 12.2. The molecule has 2 aromatic carbocycles. The number of hydrogen-bond donors (Lipinski definition) is 2. The minimum Gasteiger partial charge on any atom is -0.497 e. The third-order valence-electron chi connectivity index (χ3n) is 4.29. The third-order valence-corrected chi connectivity index (χ3v) is 4.52. The number of rotatable bonds is 5. The summed E-state index contributed by atoms with van der Waals surface area (Å²) in [6.45, 7) is 2.80. The fourth-order valence-electron chi connectivity index (χ4n) is 3.06. The molecule has 0 bridgehead atoms. The number of amides is 1. The molecule has 7 heteroatoms. The Morgan fingerprint density at radius 1 is 1.31 bits per heavy atom. The van der Waals surface area contributed by atoms with Crippen molar-refractivity contribution in [1.82, 2.24) is 10.2 Å². The van der Waals surface area contributed by atoms with Crippen LogP contribution in [0, 0.1) is 0 Å². The van der Waals surface area contributed by atoms with Crippen LogP contribution in [0.25, 0.3) is 0 Å². The van der Waals surface area contributed by atoms with Crippen LogP contribution in [-0.2, 0) is 4.79 Å². The molecule has 1 amide bonds. The minimum atomic E-state index is -0.0396. The Hall–Kier alpha value is -1.79. The molecule has 2 aromatic rings. The van der Waals surface area contributed by atoms with Crippen LogP contribution in [-0.4, -0.2) is 44.1 Å². The van der Waals surface area contributed by atoms with Gasteiger partial charge in [0, 0.05) is 42.5 Å². The quantitative estimate of drug-likeness (QED) is 0.814. The van der Waals surface area contributed by atoms with E-state index in [9.17, 15) is 4.79 Å². The first-order valence-corrected chi connectivity index (χ1v) is 8.67. The number of piperazine rings is 1. The maximum Gasteiger partial charge on any atom is 0.238 e. The lowest BCUT2D eigenvalue weighted by molar-refractivity contribution is -0.118. The van der Waals surface area contributed by atoms with Gasteiger partial charge in [0.05, 0.1) is 13.7 Å². The number of methoxy groups -OCH3 is 1. The number of carbonyl (C=O) groups excluding carboxylic acids is 1. The highest BCUT2D eigenvalue weighted by atomic mass is 35.5. The van der Waals surface area contributed by atoms with E-state index in [1.54, 1.807) is 7.11 Å². The topological polar surface area (TPSA) is 53.6 Å². The summed E-state index contributed by atoms with van der Waals surface area (Å²) < 4.78 is 5.19. The Kier molecular flexibility index (Phi) is 7.72. The molecule has 1 atom stereocenters. The van der Waals surface area contributed by atoms with Crippen LogP contribution in [0.3, 0.4) is 0 Å². The van der Waals surface area contributed by atoms with Crippen LogP contribution < -0.4 is 15.4 Å². The number of anilines is 1. The van der Waals surface area contributed by atoms with Gasteiger partial charge in [-0.3, -0.25) is 9.69 Å². The molecule has 1 saturated heterocycles. The predicted octanol–water partition coefficient (Wildman–Crippen LogP) is 3.36. The summed E-state index contributed by atoms with van der Waals surface area (Å²) in [5.74, 6) is 0.680. The van der Waals surface area contributed by atoms with Gasteiger partial charge in [-0.05, 0) is 29.8 Å². The summed E-state index contributed by atoms with van der Waals surface area (Å²) in [5, 5.41) is 7.04. The van der Waals surface area contributed by atoms with Gasteiger partial charge < -0.3 is 15.4 Å². The average Bonchev–Trinajstić information content (AvgIpc) is 2.62. The average molecular weight is 396 g/mol. The van der Waals surface area contributed by atoms with E-state index in [-0.39, 0.29) is 24.4 Å². The third kappa shape index (κ3) is 5.35. The number of carbonyl (C=O) groups is 1. The second-order valence-electron chi connectivity index (χ2n) is 6.03. The lowest BCUT2D eigenvalue weighted by Gasteiger charge is -2.36. The molecular formula is C19H23Cl2N3O2. The van der Waals surface area contributed by atoms with Gasteiger partial charge in [-0.1, -0.05) is 29.8 Å². The summed E-state index contributed by atoms with van der Waals surface area (Å²) in [6.07, 6.45) is 0. The smallest absolute Gasteiger partial charge is 0.238 e. The Balaban J connectivity index is 0.00000243. The molecule has 0 saturated carbocycles. The van der Waals surface area contributed by atoms with Crippen LogP contribution in [0.4, 0.5) is 5.69 Å². The molecule has 26 heavy (non-hydrogen) atoms. The summed E-state index contributed by atoms with van der Waals surface area (Å²) in [5.41, 5.74) is 1.85. The normalized spacial score (nSPS) is 17.2. The zero-order chi connectivity index (χ0) is 17.6. The molecule has 2 N–H and O–H groups in total. The van der Waals surface area contributed by atoms with Gasteiger partial charge >= 0.3 is 0 Å². The van der Waals surface area contributed by atoms with Gasteiger partial charge in [-0.25, -0.2) is 0 Å². The molecule has 0 spiro atoms. The van der Waals surface area contributed by atoms with Crippen molar-refractivity contribution in [3.05, 3.63) is 59.1 Å². The van der Waals surface area contributed by atoms with E-state index >= 15 is 0 Å². The van der Waals surface area contributed by atoms with E-state index in [1.807, 2.05) is 42.5 Å². The molecule has 0 aliphatic carbocycles. The maximum atomic E-state index is 12.5. The Morgan fingerprint density at radius 2 is 2.12 bits per heavy atom. The molecule has 1 heterocycles. The highest BCUT2D eigenvalue weighted by molar-refractivity contribution is 6.30. The van der Waals surface area contributed by atoms with Gasteiger partial charge in [0.25, 0.3) is 0 Å². The summed E-state index contributed by atoms with van der Waals surface area (Å²) in [6, 6.07) is 15.3. The van der Waals surface area contributed by atoms with Gasteiger partial charge in [-0.15, -0.1) is 12.4 Å². The first kappa shape index (κ1) is 20.5. The van der Waals surface area contributed by atoms with Crippen LogP contribution in [0.5, 0.6) is 5.75 Å². The number of halogens is 2. The van der Waals surface area contributed by atoms with E-state index in [2.05, 4.69) is 21.6 Å². The van der Waals surface area contributed by atoms with Gasteiger partial charge in [0.15, 0.2) is 0 Å². The van der Waals surface area contributed by atoms with Crippen molar-refractivity contribution in [2.45, 2.75) is 6.04 Å². The molecule has 5 nitrogen and oxygen atoms in total. The molecule has 1 unspecified atom stereocenters. The molecule has 3 rings (SSSR count). The lowest BCUT2D eigenvalue weighted by atomic mass is 10.0. The summed E-state index contributed by atoms with van der Waals surface area (Å²) >= 11 is 6.12. The van der Waals surface area contributed by atoms with Gasteiger partial charge in [0.1, 0.15) is 5.75 Å². The monoisotopic (exact) mass is 395 g/mol. The fraction of sp³-hybridized carbons (Fsp3) is 0.316. The highest BCUT2D eigenvalue weighted by Crippen LogP contribution is 2.24. The summed E-state index contributed by atoms with van der Waals surface area (Å²) in [7, 11) is 1.61. The van der Waals surface area contributed by atoms with Crippen molar-refractivity contribution < 1.29 is 9.53 Å². The number of ether oxygens (including phenoxy) is 1. The molecule has 1 fully saturated rings. The van der Waals surface area contributed by atoms with E-state index < -0.39 is 0 Å². The number of nitrogens with zero attached hydrogens (tertiary/aromatic N) is 1. The minimum absolute atomic E-state index is 0. The fourth-order valence-corrected chi connectivity index (χ4v) is 3.26. The van der Waals surface area contributed by atoms with E-state index in [0.717, 1.165) is 36.6 Å². The lowest BCUT2D eigenvalue weighted by Crippen LogP contribution is -2.48. The molecule has 0 aromatic heterocycles. The molecule has 0 radical (unpaired) electrons. The number of hydrogen-bond acceptors (Lipinski definition) is 4. The van der Waals surface area contributed by atoms with Crippen molar-refractivity contribution >= 4 is 35.6 Å². The SMILES string of the molecule is COc1cccc(NC(=O)CN2CCNCC2c2cccc(Cl)c2)c1.Cl. The predicted molar refractivity (Wildman–Crippen MR) is 108 cm³/mol. The second-order valence-corrected chi connectivity index (χ2v) is 6.46. The van der Waals surface area contributed by atoms with Gasteiger partial charge in [-0.2, -0.15) is 0 Å². The largest absolute Gasteiger partial charge is 0.497 e. The van der Waals surface area contributed by atoms with E-state index in [4.69, 9.17) is 16.3 Å². The van der Waals surface area contributed by atoms with Crippen LogP contribution in [0.2, 0.25) is 5.02 Å². The number of benzene rings is 2. The van der Waals surface area contributed by atoms with Crippen LogP contribution in [0.15, 0.2) is 48.5 Å². The van der Waals surface area contributed by atoms with Crippen molar-refractivity contribution in [2.24, 2.45) is 0 Å².